The second kappa shape index (κ2) is 8.48. The number of anilines is 1. The number of hydrogen-bond acceptors (Lipinski definition) is 2. The van der Waals surface area contributed by atoms with Gasteiger partial charge in [-0.05, 0) is 66.3 Å². The van der Waals surface area contributed by atoms with E-state index in [-0.39, 0.29) is 17.9 Å². The van der Waals surface area contributed by atoms with Crippen molar-refractivity contribution in [2.45, 2.75) is 26.3 Å². The van der Waals surface area contributed by atoms with Crippen LogP contribution in [0.4, 0.5) is 5.69 Å². The first-order valence-electron chi connectivity index (χ1n) is 7.58. The lowest BCUT2D eigenvalue weighted by atomic mass is 10.1. The molecule has 0 spiro atoms. The highest BCUT2D eigenvalue weighted by Crippen LogP contribution is 2.21. The van der Waals surface area contributed by atoms with Gasteiger partial charge in [0.1, 0.15) is 0 Å². The first kappa shape index (κ1) is 18.7. The van der Waals surface area contributed by atoms with Crippen molar-refractivity contribution in [3.8, 4) is 0 Å². The van der Waals surface area contributed by atoms with Gasteiger partial charge in [-0.3, -0.25) is 9.59 Å². The molecule has 2 aromatic carbocycles. The molecule has 0 fully saturated rings. The number of amides is 2. The maximum Gasteiger partial charge on any atom is 0.256 e. The SMILES string of the molecule is CCC(C)NC(=O)c1ccccc1NC(=O)c1cc(Cl)ccc1I. The lowest BCUT2D eigenvalue weighted by Gasteiger charge is -2.15. The van der Waals surface area contributed by atoms with Crippen molar-refractivity contribution in [1.82, 2.24) is 5.32 Å². The molecule has 0 aliphatic rings. The highest BCUT2D eigenvalue weighted by Gasteiger charge is 2.16. The van der Waals surface area contributed by atoms with Crippen molar-refractivity contribution < 1.29 is 9.59 Å². The Morgan fingerprint density at radius 1 is 1.12 bits per heavy atom. The quantitative estimate of drug-likeness (QED) is 0.639. The summed E-state index contributed by atoms with van der Waals surface area (Å²) in [6, 6.07) is 12.1. The number of rotatable bonds is 5. The van der Waals surface area contributed by atoms with E-state index >= 15 is 0 Å². The van der Waals surface area contributed by atoms with Crippen LogP contribution in [0.25, 0.3) is 0 Å². The number of carbonyl (C=O) groups excluding carboxylic acids is 2. The summed E-state index contributed by atoms with van der Waals surface area (Å²) in [4.78, 5) is 24.9. The molecule has 0 bridgehead atoms. The fourth-order valence-electron chi connectivity index (χ4n) is 2.05. The second-order valence-electron chi connectivity index (χ2n) is 5.41. The maximum absolute atomic E-state index is 12.5. The first-order chi connectivity index (χ1) is 11.4. The van der Waals surface area contributed by atoms with E-state index in [2.05, 4.69) is 33.2 Å². The Morgan fingerprint density at radius 2 is 1.83 bits per heavy atom. The van der Waals surface area contributed by atoms with Crippen LogP contribution in [-0.2, 0) is 0 Å². The summed E-state index contributed by atoms with van der Waals surface area (Å²) < 4.78 is 0.788. The molecule has 2 amide bonds. The molecular formula is C18H18ClIN2O2. The van der Waals surface area contributed by atoms with Crippen LogP contribution in [-0.4, -0.2) is 17.9 Å². The molecule has 6 heteroatoms. The highest BCUT2D eigenvalue weighted by molar-refractivity contribution is 14.1. The number of para-hydroxylation sites is 1. The van der Waals surface area contributed by atoms with E-state index < -0.39 is 0 Å². The standard InChI is InChI=1S/C18H18ClIN2O2/c1-3-11(2)21-17(23)13-6-4-5-7-16(13)22-18(24)14-10-12(19)8-9-15(14)20/h4-11H,3H2,1-2H3,(H,21,23)(H,22,24). The fourth-order valence-corrected chi connectivity index (χ4v) is 2.81. The molecule has 1 atom stereocenters. The normalized spacial score (nSPS) is 11.7. The molecule has 2 N–H and O–H groups in total. The predicted molar refractivity (Wildman–Crippen MR) is 106 cm³/mol. The van der Waals surface area contributed by atoms with Crippen LogP contribution in [0, 0.1) is 3.57 Å². The average molecular weight is 457 g/mol. The minimum Gasteiger partial charge on any atom is -0.350 e. The maximum atomic E-state index is 12.5. The van der Waals surface area contributed by atoms with E-state index in [1.54, 1.807) is 42.5 Å². The molecule has 0 aliphatic heterocycles. The molecule has 2 aromatic rings. The molecule has 0 heterocycles. The first-order valence-corrected chi connectivity index (χ1v) is 9.04. The lowest BCUT2D eigenvalue weighted by Crippen LogP contribution is -2.32. The Hall–Kier alpha value is -1.60. The van der Waals surface area contributed by atoms with Gasteiger partial charge < -0.3 is 10.6 Å². The third kappa shape index (κ3) is 4.70. The van der Waals surface area contributed by atoms with E-state index in [1.165, 1.54) is 0 Å². The van der Waals surface area contributed by atoms with E-state index in [0.717, 1.165) is 9.99 Å². The summed E-state index contributed by atoms with van der Waals surface area (Å²) in [6.07, 6.45) is 0.834. The van der Waals surface area contributed by atoms with Crippen LogP contribution >= 0.6 is 34.2 Å². The molecular weight excluding hydrogens is 439 g/mol. The summed E-state index contributed by atoms with van der Waals surface area (Å²) in [7, 11) is 0. The minimum atomic E-state index is -0.300. The van der Waals surface area contributed by atoms with Gasteiger partial charge in [0.25, 0.3) is 11.8 Å². The third-order valence-electron chi connectivity index (χ3n) is 3.58. The van der Waals surface area contributed by atoms with E-state index in [0.29, 0.717) is 21.8 Å². The lowest BCUT2D eigenvalue weighted by molar-refractivity contribution is 0.0940. The molecule has 24 heavy (non-hydrogen) atoms. The van der Waals surface area contributed by atoms with Gasteiger partial charge in [0, 0.05) is 14.6 Å². The summed E-state index contributed by atoms with van der Waals surface area (Å²) >= 11 is 8.05. The Kier molecular flexibility index (Phi) is 6.62. The van der Waals surface area contributed by atoms with Crippen LogP contribution in [0.1, 0.15) is 41.0 Å². The number of halogens is 2. The van der Waals surface area contributed by atoms with Gasteiger partial charge in [0.05, 0.1) is 16.8 Å². The van der Waals surface area contributed by atoms with Gasteiger partial charge in [-0.2, -0.15) is 0 Å². The molecule has 4 nitrogen and oxygen atoms in total. The smallest absolute Gasteiger partial charge is 0.256 e. The van der Waals surface area contributed by atoms with E-state index in [9.17, 15) is 9.59 Å². The molecule has 0 aliphatic carbocycles. The Morgan fingerprint density at radius 3 is 2.54 bits per heavy atom. The molecule has 1 unspecified atom stereocenters. The van der Waals surface area contributed by atoms with Crippen molar-refractivity contribution in [1.29, 1.82) is 0 Å². The van der Waals surface area contributed by atoms with Gasteiger partial charge in [-0.25, -0.2) is 0 Å². The van der Waals surface area contributed by atoms with Gasteiger partial charge in [-0.15, -0.1) is 0 Å². The summed E-state index contributed by atoms with van der Waals surface area (Å²) in [6.45, 7) is 3.94. The molecule has 0 radical (unpaired) electrons. The van der Waals surface area contributed by atoms with Crippen molar-refractivity contribution in [2.75, 3.05) is 5.32 Å². The minimum absolute atomic E-state index is 0.0649. The Labute approximate surface area is 160 Å². The highest BCUT2D eigenvalue weighted by atomic mass is 127. The molecule has 0 saturated carbocycles. The van der Waals surface area contributed by atoms with Crippen LogP contribution in [0.2, 0.25) is 5.02 Å². The zero-order valence-electron chi connectivity index (χ0n) is 13.4. The van der Waals surface area contributed by atoms with Crippen LogP contribution < -0.4 is 10.6 Å². The summed E-state index contributed by atoms with van der Waals surface area (Å²) in [5.74, 6) is -0.508. The van der Waals surface area contributed by atoms with Crippen LogP contribution in [0.3, 0.4) is 0 Å². The van der Waals surface area contributed by atoms with Crippen molar-refractivity contribution in [3.05, 3.63) is 62.2 Å². The molecule has 0 saturated heterocycles. The van der Waals surface area contributed by atoms with E-state index in [1.807, 2.05) is 13.8 Å². The van der Waals surface area contributed by atoms with Crippen LogP contribution in [0.15, 0.2) is 42.5 Å². The average Bonchev–Trinajstić information content (AvgIpc) is 2.57. The topological polar surface area (TPSA) is 58.2 Å². The van der Waals surface area contributed by atoms with Crippen molar-refractivity contribution >= 4 is 51.7 Å². The number of nitrogens with one attached hydrogen (secondary N) is 2. The summed E-state index contributed by atoms with van der Waals surface area (Å²) in [5, 5.41) is 6.20. The fraction of sp³-hybridized carbons (Fsp3) is 0.222. The molecule has 0 aromatic heterocycles. The Bertz CT molecular complexity index is 764. The van der Waals surface area contributed by atoms with Gasteiger partial charge in [0.2, 0.25) is 0 Å². The van der Waals surface area contributed by atoms with Crippen molar-refractivity contribution in [3.63, 3.8) is 0 Å². The summed E-state index contributed by atoms with van der Waals surface area (Å²) in [5.41, 5.74) is 1.38. The Balaban J connectivity index is 2.25. The van der Waals surface area contributed by atoms with Crippen molar-refractivity contribution in [2.24, 2.45) is 0 Å². The predicted octanol–water partition coefficient (Wildman–Crippen LogP) is 4.73. The van der Waals surface area contributed by atoms with Gasteiger partial charge in [0.15, 0.2) is 0 Å². The number of carbonyl (C=O) groups is 2. The van der Waals surface area contributed by atoms with E-state index in [4.69, 9.17) is 11.6 Å². The zero-order chi connectivity index (χ0) is 17.7. The number of benzene rings is 2. The second-order valence-corrected chi connectivity index (χ2v) is 7.01. The zero-order valence-corrected chi connectivity index (χ0v) is 16.3. The number of hydrogen-bond donors (Lipinski definition) is 2. The van der Waals surface area contributed by atoms with Crippen LogP contribution in [0.5, 0.6) is 0 Å². The van der Waals surface area contributed by atoms with Gasteiger partial charge in [-0.1, -0.05) is 30.7 Å². The molecule has 2 rings (SSSR count). The monoisotopic (exact) mass is 456 g/mol. The third-order valence-corrected chi connectivity index (χ3v) is 4.76. The molecule has 126 valence electrons. The van der Waals surface area contributed by atoms with Gasteiger partial charge >= 0.3 is 0 Å². The largest absolute Gasteiger partial charge is 0.350 e.